The van der Waals surface area contributed by atoms with E-state index in [1.807, 2.05) is 109 Å². The predicted molar refractivity (Wildman–Crippen MR) is 192 cm³/mol. The zero-order valence-corrected chi connectivity index (χ0v) is 27.5. The average Bonchev–Trinajstić information content (AvgIpc) is 3.18. The van der Waals surface area contributed by atoms with Gasteiger partial charge in [0.25, 0.3) is 0 Å². The Morgan fingerprint density at radius 3 is 1.22 bits per heavy atom. The maximum atomic E-state index is 12.2. The van der Waals surface area contributed by atoms with E-state index in [0.29, 0.717) is 23.0 Å². The van der Waals surface area contributed by atoms with Gasteiger partial charge in [0, 0.05) is 12.2 Å². The van der Waals surface area contributed by atoms with Crippen molar-refractivity contribution in [3.8, 4) is 45.3 Å². The van der Waals surface area contributed by atoms with Crippen LogP contribution in [0.2, 0.25) is 0 Å². The van der Waals surface area contributed by atoms with E-state index in [2.05, 4.69) is 13.2 Å². The molecule has 50 heavy (non-hydrogen) atoms. The van der Waals surface area contributed by atoms with Crippen molar-refractivity contribution in [2.45, 2.75) is 12.2 Å². The summed E-state index contributed by atoms with van der Waals surface area (Å²) in [6, 6.07) is 42.2. The first-order chi connectivity index (χ1) is 24.5. The van der Waals surface area contributed by atoms with E-state index in [-0.39, 0.29) is 26.4 Å². The molecule has 0 fully saturated rings. The van der Waals surface area contributed by atoms with Crippen molar-refractivity contribution >= 4 is 11.9 Å². The molecular formula is C42H38O8. The molecule has 0 aliphatic carbocycles. The standard InChI is InChI=1S/C42H38O8/c1-3-41(43)49-37(27-45-35-21-13-19-33(25-35)31-15-7-5-8-16-31)29-47-39-23-11-12-24-40(39)48-30-38(50-42(44)4-2)28-46-36-22-14-20-34(26-36)32-17-9-6-10-18-32/h3-26,37-38H,1-2,27-30H2. The Balaban J connectivity index is 1.21. The molecule has 0 radical (unpaired) electrons. The first-order valence-electron chi connectivity index (χ1n) is 16.1. The summed E-state index contributed by atoms with van der Waals surface area (Å²) in [6.45, 7) is 7.00. The van der Waals surface area contributed by atoms with E-state index in [4.69, 9.17) is 28.4 Å². The number of hydrogen-bond acceptors (Lipinski definition) is 8. The highest BCUT2D eigenvalue weighted by Gasteiger charge is 2.19. The normalized spacial score (nSPS) is 11.7. The molecule has 2 atom stereocenters. The second-order valence-corrected chi connectivity index (χ2v) is 11.0. The van der Waals surface area contributed by atoms with Gasteiger partial charge < -0.3 is 28.4 Å². The highest BCUT2D eigenvalue weighted by molar-refractivity contribution is 5.81. The van der Waals surface area contributed by atoms with Gasteiger partial charge in [-0.3, -0.25) is 0 Å². The van der Waals surface area contributed by atoms with Crippen LogP contribution < -0.4 is 18.9 Å². The minimum atomic E-state index is -0.768. The summed E-state index contributed by atoms with van der Waals surface area (Å²) in [6.07, 6.45) is 0.640. The third-order valence-corrected chi connectivity index (χ3v) is 7.35. The van der Waals surface area contributed by atoms with E-state index >= 15 is 0 Å². The van der Waals surface area contributed by atoms with Gasteiger partial charge in [-0.05, 0) is 58.7 Å². The van der Waals surface area contributed by atoms with Crippen molar-refractivity contribution in [1.82, 2.24) is 0 Å². The van der Waals surface area contributed by atoms with Gasteiger partial charge in [-0.1, -0.05) is 110 Å². The van der Waals surface area contributed by atoms with Crippen molar-refractivity contribution in [2.75, 3.05) is 26.4 Å². The highest BCUT2D eigenvalue weighted by Crippen LogP contribution is 2.28. The highest BCUT2D eigenvalue weighted by atomic mass is 16.6. The Kier molecular flexibility index (Phi) is 12.8. The third kappa shape index (κ3) is 10.6. The van der Waals surface area contributed by atoms with Crippen LogP contribution in [0.5, 0.6) is 23.0 Å². The molecule has 0 saturated heterocycles. The first kappa shape index (κ1) is 35.0. The molecule has 0 N–H and O–H groups in total. The molecule has 8 nitrogen and oxygen atoms in total. The van der Waals surface area contributed by atoms with Crippen LogP contribution in [-0.2, 0) is 19.1 Å². The molecule has 2 unspecified atom stereocenters. The van der Waals surface area contributed by atoms with Crippen LogP contribution in [-0.4, -0.2) is 50.6 Å². The lowest BCUT2D eigenvalue weighted by atomic mass is 10.1. The van der Waals surface area contributed by atoms with Crippen molar-refractivity contribution in [3.05, 3.63) is 159 Å². The maximum Gasteiger partial charge on any atom is 0.330 e. The number of para-hydroxylation sites is 2. The lowest BCUT2D eigenvalue weighted by molar-refractivity contribution is -0.147. The lowest BCUT2D eigenvalue weighted by Crippen LogP contribution is -2.31. The zero-order chi connectivity index (χ0) is 35.0. The fourth-order valence-corrected chi connectivity index (χ4v) is 4.88. The Morgan fingerprint density at radius 1 is 0.460 bits per heavy atom. The van der Waals surface area contributed by atoms with E-state index < -0.39 is 24.1 Å². The number of benzene rings is 5. The molecule has 5 rings (SSSR count). The second-order valence-electron chi connectivity index (χ2n) is 11.0. The van der Waals surface area contributed by atoms with Crippen molar-refractivity contribution < 1.29 is 38.0 Å². The number of esters is 2. The predicted octanol–water partition coefficient (Wildman–Crippen LogP) is 8.13. The minimum absolute atomic E-state index is 0.0310. The Bertz CT molecular complexity index is 1720. The molecule has 0 bridgehead atoms. The van der Waals surface area contributed by atoms with Crippen molar-refractivity contribution in [2.24, 2.45) is 0 Å². The van der Waals surface area contributed by atoms with E-state index in [0.717, 1.165) is 34.4 Å². The van der Waals surface area contributed by atoms with Crippen LogP contribution in [0, 0.1) is 0 Å². The Labute approximate surface area is 292 Å². The van der Waals surface area contributed by atoms with Gasteiger partial charge in [0.2, 0.25) is 0 Å². The van der Waals surface area contributed by atoms with Crippen LogP contribution in [0.4, 0.5) is 0 Å². The number of ether oxygens (including phenoxy) is 6. The summed E-state index contributed by atoms with van der Waals surface area (Å²) in [5.74, 6) is 0.802. The van der Waals surface area contributed by atoms with Crippen LogP contribution in [0.25, 0.3) is 22.3 Å². The van der Waals surface area contributed by atoms with E-state index in [1.165, 1.54) is 0 Å². The molecule has 0 aliphatic rings. The molecule has 5 aromatic carbocycles. The van der Waals surface area contributed by atoms with E-state index in [1.54, 1.807) is 24.3 Å². The molecule has 0 heterocycles. The number of carbonyl (C=O) groups excluding carboxylic acids is 2. The Morgan fingerprint density at radius 2 is 0.820 bits per heavy atom. The van der Waals surface area contributed by atoms with Gasteiger partial charge in [0.05, 0.1) is 0 Å². The zero-order valence-electron chi connectivity index (χ0n) is 27.5. The molecular weight excluding hydrogens is 632 g/mol. The van der Waals surface area contributed by atoms with Crippen molar-refractivity contribution in [1.29, 1.82) is 0 Å². The first-order valence-corrected chi connectivity index (χ1v) is 16.1. The van der Waals surface area contributed by atoms with Gasteiger partial charge in [-0.25, -0.2) is 9.59 Å². The van der Waals surface area contributed by atoms with Crippen LogP contribution in [0.1, 0.15) is 0 Å². The number of carbonyl (C=O) groups is 2. The van der Waals surface area contributed by atoms with Gasteiger partial charge in [-0.2, -0.15) is 0 Å². The molecule has 0 aromatic heterocycles. The monoisotopic (exact) mass is 670 g/mol. The quantitative estimate of drug-likeness (QED) is 0.0682. The second kappa shape index (κ2) is 18.3. The van der Waals surface area contributed by atoms with E-state index in [9.17, 15) is 9.59 Å². The van der Waals surface area contributed by atoms with Crippen LogP contribution in [0.15, 0.2) is 159 Å². The molecule has 0 saturated carbocycles. The van der Waals surface area contributed by atoms with Gasteiger partial charge >= 0.3 is 11.9 Å². The fraction of sp³-hybridized carbons (Fsp3) is 0.143. The summed E-state index contributed by atoms with van der Waals surface area (Å²) < 4.78 is 35.3. The largest absolute Gasteiger partial charge is 0.490 e. The molecule has 0 amide bonds. The van der Waals surface area contributed by atoms with Crippen LogP contribution in [0.3, 0.4) is 0 Å². The lowest BCUT2D eigenvalue weighted by Gasteiger charge is -2.21. The topological polar surface area (TPSA) is 89.5 Å². The minimum Gasteiger partial charge on any atom is -0.490 e. The summed E-state index contributed by atoms with van der Waals surface area (Å²) >= 11 is 0. The van der Waals surface area contributed by atoms with Gasteiger partial charge in [-0.15, -0.1) is 0 Å². The molecule has 0 spiro atoms. The average molecular weight is 671 g/mol. The van der Waals surface area contributed by atoms with Crippen molar-refractivity contribution in [3.63, 3.8) is 0 Å². The van der Waals surface area contributed by atoms with Crippen LogP contribution >= 0.6 is 0 Å². The smallest absolute Gasteiger partial charge is 0.330 e. The van der Waals surface area contributed by atoms with Gasteiger partial charge in [0.15, 0.2) is 23.7 Å². The Hall–Kier alpha value is -6.28. The SMILES string of the molecule is C=CC(=O)OC(COc1cccc(-c2ccccc2)c1)COc1ccccc1OCC(COc1cccc(-c2ccccc2)c1)OC(=O)C=C. The molecule has 8 heteroatoms. The maximum absolute atomic E-state index is 12.2. The summed E-state index contributed by atoms with van der Waals surface area (Å²) in [5.41, 5.74) is 4.09. The summed E-state index contributed by atoms with van der Waals surface area (Å²) in [7, 11) is 0. The molecule has 254 valence electrons. The molecule has 0 aliphatic heterocycles. The van der Waals surface area contributed by atoms with Gasteiger partial charge in [0.1, 0.15) is 37.9 Å². The summed E-state index contributed by atoms with van der Waals surface area (Å²) in [4.78, 5) is 24.3. The fourth-order valence-electron chi connectivity index (χ4n) is 4.88. The number of hydrogen-bond donors (Lipinski definition) is 0. The number of rotatable bonds is 18. The third-order valence-electron chi connectivity index (χ3n) is 7.35. The summed E-state index contributed by atoms with van der Waals surface area (Å²) in [5, 5.41) is 0. The molecule has 5 aromatic rings.